The molecule has 1 aromatic carbocycles. The molecule has 90 valence electrons. The van der Waals surface area contributed by atoms with E-state index in [4.69, 9.17) is 5.73 Å². The first-order chi connectivity index (χ1) is 8.00. The second-order valence-electron chi connectivity index (χ2n) is 3.23. The van der Waals surface area contributed by atoms with Crippen molar-refractivity contribution in [3.8, 4) is 0 Å². The van der Waals surface area contributed by atoms with Crippen molar-refractivity contribution < 1.29 is 12.8 Å². The van der Waals surface area contributed by atoms with Crippen molar-refractivity contribution in [3.05, 3.63) is 36.3 Å². The van der Waals surface area contributed by atoms with Crippen LogP contribution >= 0.6 is 0 Å². The van der Waals surface area contributed by atoms with Gasteiger partial charge in [0, 0.05) is 6.07 Å². The predicted molar refractivity (Wildman–Crippen MR) is 60.2 cm³/mol. The van der Waals surface area contributed by atoms with Gasteiger partial charge in [0.15, 0.2) is 0 Å². The van der Waals surface area contributed by atoms with E-state index in [1.807, 2.05) is 0 Å². The molecule has 0 radical (unpaired) electrons. The molecule has 8 heteroatoms. The number of nitrogen functional groups attached to an aromatic ring is 1. The molecule has 2 rings (SSSR count). The number of benzene rings is 1. The molecule has 0 fully saturated rings. The highest BCUT2D eigenvalue weighted by molar-refractivity contribution is 7.92. The number of hydrogen-bond acceptors (Lipinski definition) is 4. The number of nitrogens with one attached hydrogen (secondary N) is 2. The normalized spacial score (nSPS) is 11.4. The molecule has 0 spiro atoms. The minimum atomic E-state index is -3.92. The Hall–Kier alpha value is -2.09. The Morgan fingerprint density at radius 1 is 1.35 bits per heavy atom. The lowest BCUT2D eigenvalue weighted by Crippen LogP contribution is -2.15. The standard InChI is InChI=1S/C9H9FN4O2S/c10-6-2-1-3-7(9(6)11)17(15,16)14-8-4-5-12-13-8/h1-5H,11H2,(H2,12,13,14). The van der Waals surface area contributed by atoms with Crippen LogP contribution < -0.4 is 10.5 Å². The molecule has 0 aliphatic heterocycles. The van der Waals surface area contributed by atoms with Gasteiger partial charge < -0.3 is 5.73 Å². The van der Waals surface area contributed by atoms with Crippen molar-refractivity contribution >= 4 is 21.5 Å². The highest BCUT2D eigenvalue weighted by Gasteiger charge is 2.19. The average Bonchev–Trinajstić information content (AvgIpc) is 2.73. The molecule has 1 aromatic heterocycles. The van der Waals surface area contributed by atoms with Gasteiger partial charge in [0.25, 0.3) is 10.0 Å². The lowest BCUT2D eigenvalue weighted by atomic mass is 10.3. The van der Waals surface area contributed by atoms with Crippen molar-refractivity contribution in [2.24, 2.45) is 0 Å². The van der Waals surface area contributed by atoms with E-state index in [1.165, 1.54) is 24.4 Å². The zero-order valence-corrected chi connectivity index (χ0v) is 9.33. The van der Waals surface area contributed by atoms with E-state index in [0.29, 0.717) is 0 Å². The third kappa shape index (κ3) is 2.21. The van der Waals surface area contributed by atoms with Gasteiger partial charge in [-0.15, -0.1) is 0 Å². The molecule has 2 aromatic rings. The van der Waals surface area contributed by atoms with Crippen LogP contribution in [0.1, 0.15) is 0 Å². The summed E-state index contributed by atoms with van der Waals surface area (Å²) in [6.07, 6.45) is 1.38. The van der Waals surface area contributed by atoms with Gasteiger partial charge >= 0.3 is 0 Å². The van der Waals surface area contributed by atoms with Gasteiger partial charge in [-0.25, -0.2) is 12.8 Å². The minimum absolute atomic E-state index is 0.175. The number of nitrogens with zero attached hydrogens (tertiary/aromatic N) is 1. The summed E-state index contributed by atoms with van der Waals surface area (Å²) in [5.74, 6) is -0.605. The fourth-order valence-corrected chi connectivity index (χ4v) is 2.42. The van der Waals surface area contributed by atoms with Crippen LogP contribution in [0.4, 0.5) is 15.9 Å². The molecule has 0 saturated carbocycles. The van der Waals surface area contributed by atoms with Crippen LogP contribution in [0.5, 0.6) is 0 Å². The third-order valence-electron chi connectivity index (χ3n) is 2.05. The van der Waals surface area contributed by atoms with Crippen molar-refractivity contribution in [2.45, 2.75) is 4.90 Å². The molecule has 0 saturated heterocycles. The molecular weight excluding hydrogens is 247 g/mol. The molecule has 17 heavy (non-hydrogen) atoms. The molecule has 0 aliphatic carbocycles. The zero-order chi connectivity index (χ0) is 12.5. The van der Waals surface area contributed by atoms with E-state index in [0.717, 1.165) is 6.07 Å². The number of nitrogens with two attached hydrogens (primary N) is 1. The highest BCUT2D eigenvalue weighted by atomic mass is 32.2. The summed E-state index contributed by atoms with van der Waals surface area (Å²) >= 11 is 0. The Morgan fingerprint density at radius 2 is 2.12 bits per heavy atom. The van der Waals surface area contributed by atoms with E-state index in [1.54, 1.807) is 0 Å². The number of rotatable bonds is 3. The number of aromatic amines is 1. The molecule has 0 aliphatic rings. The van der Waals surface area contributed by atoms with E-state index in [9.17, 15) is 12.8 Å². The topological polar surface area (TPSA) is 101 Å². The molecule has 6 nitrogen and oxygen atoms in total. The summed E-state index contributed by atoms with van der Waals surface area (Å²) in [6.45, 7) is 0. The first-order valence-corrected chi connectivity index (χ1v) is 6.05. The fourth-order valence-electron chi connectivity index (χ4n) is 1.26. The molecule has 0 amide bonds. The van der Waals surface area contributed by atoms with Crippen molar-refractivity contribution in [3.63, 3.8) is 0 Å². The Balaban J connectivity index is 2.42. The van der Waals surface area contributed by atoms with E-state index in [-0.39, 0.29) is 10.7 Å². The van der Waals surface area contributed by atoms with Crippen LogP contribution in [0.2, 0.25) is 0 Å². The summed E-state index contributed by atoms with van der Waals surface area (Å²) in [5.41, 5.74) is 4.96. The van der Waals surface area contributed by atoms with E-state index in [2.05, 4.69) is 14.9 Å². The first-order valence-electron chi connectivity index (χ1n) is 4.57. The van der Waals surface area contributed by atoms with Crippen LogP contribution in [-0.2, 0) is 10.0 Å². The third-order valence-corrected chi connectivity index (χ3v) is 3.47. The zero-order valence-electron chi connectivity index (χ0n) is 8.51. The van der Waals surface area contributed by atoms with Gasteiger partial charge in [-0.05, 0) is 12.1 Å². The van der Waals surface area contributed by atoms with Crippen LogP contribution in [0.3, 0.4) is 0 Å². The number of para-hydroxylation sites is 1. The van der Waals surface area contributed by atoms with Crippen molar-refractivity contribution in [1.82, 2.24) is 10.2 Å². The summed E-state index contributed by atoms with van der Waals surface area (Å²) in [7, 11) is -3.92. The second-order valence-corrected chi connectivity index (χ2v) is 4.88. The van der Waals surface area contributed by atoms with Gasteiger partial charge in [-0.3, -0.25) is 9.82 Å². The Morgan fingerprint density at radius 3 is 2.76 bits per heavy atom. The summed E-state index contributed by atoms with van der Waals surface area (Å²) in [5, 5.41) is 6.00. The van der Waals surface area contributed by atoms with Crippen molar-refractivity contribution in [1.29, 1.82) is 0 Å². The summed E-state index contributed by atoms with van der Waals surface area (Å²) in [4.78, 5) is -0.313. The number of sulfonamides is 1. The SMILES string of the molecule is Nc1c(F)cccc1S(=O)(=O)Nc1ccn[nH]1. The highest BCUT2D eigenvalue weighted by Crippen LogP contribution is 2.22. The van der Waals surface area contributed by atoms with Gasteiger partial charge in [-0.2, -0.15) is 5.10 Å². The quantitative estimate of drug-likeness (QED) is 0.711. The monoisotopic (exact) mass is 256 g/mol. The van der Waals surface area contributed by atoms with Gasteiger partial charge in [-0.1, -0.05) is 6.07 Å². The van der Waals surface area contributed by atoms with Gasteiger partial charge in [0.05, 0.1) is 11.9 Å². The molecule has 4 N–H and O–H groups in total. The number of anilines is 2. The molecular formula is C9H9FN4O2S. The van der Waals surface area contributed by atoms with Crippen molar-refractivity contribution in [2.75, 3.05) is 10.5 Å². The number of H-pyrrole nitrogens is 1. The lowest BCUT2D eigenvalue weighted by Gasteiger charge is -2.08. The smallest absolute Gasteiger partial charge is 0.265 e. The predicted octanol–water partition coefficient (Wildman–Crippen LogP) is 0.932. The lowest BCUT2D eigenvalue weighted by molar-refractivity contribution is 0.597. The number of halogens is 1. The Labute approximate surface area is 96.7 Å². The van der Waals surface area contributed by atoms with E-state index < -0.39 is 21.5 Å². The van der Waals surface area contributed by atoms with Gasteiger partial charge in [0.1, 0.15) is 16.5 Å². The Bertz CT molecular complexity index is 624. The Kier molecular flexibility index (Phi) is 2.72. The van der Waals surface area contributed by atoms with E-state index >= 15 is 0 Å². The van der Waals surface area contributed by atoms with Crippen LogP contribution in [0.15, 0.2) is 35.4 Å². The van der Waals surface area contributed by atoms with Gasteiger partial charge in [0.2, 0.25) is 0 Å². The number of hydrogen-bond donors (Lipinski definition) is 3. The van der Waals surface area contributed by atoms with Crippen LogP contribution in [-0.4, -0.2) is 18.6 Å². The molecule has 0 unspecified atom stereocenters. The second kappa shape index (κ2) is 4.06. The average molecular weight is 256 g/mol. The van der Waals surface area contributed by atoms with Crippen LogP contribution in [0.25, 0.3) is 0 Å². The maximum Gasteiger partial charge on any atom is 0.265 e. The maximum absolute atomic E-state index is 13.2. The largest absolute Gasteiger partial charge is 0.395 e. The van der Waals surface area contributed by atoms with Crippen LogP contribution in [0, 0.1) is 5.82 Å². The molecule has 0 bridgehead atoms. The molecule has 0 atom stereocenters. The number of aromatic nitrogens is 2. The summed E-state index contributed by atoms with van der Waals surface area (Å²) in [6, 6.07) is 5.00. The maximum atomic E-state index is 13.2. The first kappa shape index (κ1) is 11.4. The molecule has 1 heterocycles. The minimum Gasteiger partial charge on any atom is -0.395 e. The summed E-state index contributed by atoms with van der Waals surface area (Å²) < 4.78 is 39.1. The fraction of sp³-hybridized carbons (Fsp3) is 0.